The highest BCUT2D eigenvalue weighted by Gasteiger charge is 2.38. The van der Waals surface area contributed by atoms with Crippen molar-refractivity contribution in [2.24, 2.45) is 0 Å². The Hall–Kier alpha value is -1.26. The molecule has 0 aliphatic heterocycles. The third-order valence-electron chi connectivity index (χ3n) is 3.76. The highest BCUT2D eigenvalue weighted by molar-refractivity contribution is 5.77. The summed E-state index contributed by atoms with van der Waals surface area (Å²) in [6.45, 7) is 5.90. The number of carboxylic acids is 1. The predicted octanol–water partition coefficient (Wildman–Crippen LogP) is 2.26. The largest absolute Gasteiger partial charge is 0.481 e. The minimum Gasteiger partial charge on any atom is -0.481 e. The Morgan fingerprint density at radius 3 is 2.28 bits per heavy atom. The monoisotopic (exact) mass is 256 g/mol. The molecule has 0 spiro atoms. The van der Waals surface area contributed by atoms with Crippen LogP contribution in [0.25, 0.3) is 0 Å². The number of urea groups is 1. The molecule has 3 N–H and O–H groups in total. The molecule has 0 bridgehead atoms. The molecule has 1 aliphatic rings. The van der Waals surface area contributed by atoms with Gasteiger partial charge in [0.25, 0.3) is 0 Å². The van der Waals surface area contributed by atoms with Gasteiger partial charge in [-0.2, -0.15) is 0 Å². The van der Waals surface area contributed by atoms with Crippen molar-refractivity contribution >= 4 is 12.0 Å². The van der Waals surface area contributed by atoms with Crippen LogP contribution in [0.2, 0.25) is 0 Å². The van der Waals surface area contributed by atoms with E-state index in [0.29, 0.717) is 0 Å². The molecule has 18 heavy (non-hydrogen) atoms. The number of rotatable bonds is 5. The van der Waals surface area contributed by atoms with E-state index in [9.17, 15) is 9.59 Å². The zero-order valence-corrected chi connectivity index (χ0v) is 11.5. The van der Waals surface area contributed by atoms with Crippen LogP contribution in [0.15, 0.2) is 0 Å². The molecule has 0 aromatic carbocycles. The summed E-state index contributed by atoms with van der Waals surface area (Å²) in [6, 6.07) is -0.259. The SMILES string of the molecule is CCC(C)(C)NC(=O)NC1(CC(=O)O)CCCC1. The van der Waals surface area contributed by atoms with Crippen molar-refractivity contribution in [3.05, 3.63) is 0 Å². The molecule has 104 valence electrons. The van der Waals surface area contributed by atoms with Crippen LogP contribution in [-0.2, 0) is 4.79 Å². The van der Waals surface area contributed by atoms with E-state index in [-0.39, 0.29) is 18.0 Å². The zero-order valence-electron chi connectivity index (χ0n) is 11.5. The van der Waals surface area contributed by atoms with Crippen molar-refractivity contribution in [3.63, 3.8) is 0 Å². The van der Waals surface area contributed by atoms with Gasteiger partial charge in [0.2, 0.25) is 0 Å². The van der Waals surface area contributed by atoms with Gasteiger partial charge >= 0.3 is 12.0 Å². The molecule has 5 heteroatoms. The summed E-state index contributed by atoms with van der Waals surface area (Å²) >= 11 is 0. The van der Waals surface area contributed by atoms with E-state index < -0.39 is 11.5 Å². The van der Waals surface area contributed by atoms with Gasteiger partial charge in [-0.25, -0.2) is 4.79 Å². The Labute approximate surface area is 108 Å². The normalized spacial score (nSPS) is 18.4. The van der Waals surface area contributed by atoms with Crippen LogP contribution < -0.4 is 10.6 Å². The summed E-state index contributed by atoms with van der Waals surface area (Å²) in [5, 5.41) is 14.7. The lowest BCUT2D eigenvalue weighted by Gasteiger charge is -2.32. The topological polar surface area (TPSA) is 78.4 Å². The molecule has 0 unspecified atom stereocenters. The first-order chi connectivity index (χ1) is 8.29. The molecule has 0 radical (unpaired) electrons. The summed E-state index contributed by atoms with van der Waals surface area (Å²) < 4.78 is 0. The molecule has 1 fully saturated rings. The number of carboxylic acid groups (broad SMARTS) is 1. The van der Waals surface area contributed by atoms with E-state index in [4.69, 9.17) is 5.11 Å². The fourth-order valence-corrected chi connectivity index (χ4v) is 2.36. The van der Waals surface area contributed by atoms with Crippen molar-refractivity contribution in [1.82, 2.24) is 10.6 Å². The number of nitrogens with one attached hydrogen (secondary N) is 2. The van der Waals surface area contributed by atoms with Gasteiger partial charge in [0.1, 0.15) is 0 Å². The standard InChI is InChI=1S/C13H24N2O3/c1-4-12(2,3)14-11(18)15-13(9-10(16)17)7-5-6-8-13/h4-9H2,1-3H3,(H,16,17)(H2,14,15,18). The molecule has 0 aromatic rings. The number of carbonyl (C=O) groups is 2. The Balaban J connectivity index is 2.61. The fraction of sp³-hybridized carbons (Fsp3) is 0.846. The second-order valence-corrected chi connectivity index (χ2v) is 5.87. The van der Waals surface area contributed by atoms with Crippen LogP contribution in [0.3, 0.4) is 0 Å². The van der Waals surface area contributed by atoms with Crippen molar-refractivity contribution in [1.29, 1.82) is 0 Å². The van der Waals surface area contributed by atoms with Gasteiger partial charge in [-0.1, -0.05) is 19.8 Å². The highest BCUT2D eigenvalue weighted by Crippen LogP contribution is 2.32. The maximum absolute atomic E-state index is 11.9. The first-order valence-corrected chi connectivity index (χ1v) is 6.61. The van der Waals surface area contributed by atoms with Crippen molar-refractivity contribution in [3.8, 4) is 0 Å². The van der Waals surface area contributed by atoms with Crippen molar-refractivity contribution in [2.45, 2.75) is 70.4 Å². The van der Waals surface area contributed by atoms with E-state index in [1.807, 2.05) is 20.8 Å². The molecule has 1 saturated carbocycles. The Morgan fingerprint density at radius 1 is 1.28 bits per heavy atom. The lowest BCUT2D eigenvalue weighted by molar-refractivity contribution is -0.138. The number of aliphatic carboxylic acids is 1. The minimum absolute atomic E-state index is 0.00692. The molecule has 0 atom stereocenters. The molecular weight excluding hydrogens is 232 g/mol. The molecule has 5 nitrogen and oxygen atoms in total. The molecule has 1 rings (SSSR count). The first-order valence-electron chi connectivity index (χ1n) is 6.61. The molecule has 1 aliphatic carbocycles. The van der Waals surface area contributed by atoms with E-state index >= 15 is 0 Å². The molecule has 0 aromatic heterocycles. The van der Waals surface area contributed by atoms with Crippen LogP contribution in [0, 0.1) is 0 Å². The van der Waals surface area contributed by atoms with Crippen molar-refractivity contribution < 1.29 is 14.7 Å². The van der Waals surface area contributed by atoms with Gasteiger partial charge in [-0.05, 0) is 33.1 Å². The van der Waals surface area contributed by atoms with Gasteiger partial charge in [0, 0.05) is 5.54 Å². The highest BCUT2D eigenvalue weighted by atomic mass is 16.4. The van der Waals surface area contributed by atoms with Crippen LogP contribution in [-0.4, -0.2) is 28.2 Å². The Kier molecular flexibility index (Phi) is 4.59. The van der Waals surface area contributed by atoms with Crippen LogP contribution >= 0.6 is 0 Å². The second-order valence-electron chi connectivity index (χ2n) is 5.87. The van der Waals surface area contributed by atoms with Gasteiger partial charge < -0.3 is 15.7 Å². The van der Waals surface area contributed by atoms with Gasteiger partial charge in [-0.3, -0.25) is 4.79 Å². The number of amides is 2. The number of hydrogen-bond acceptors (Lipinski definition) is 2. The maximum atomic E-state index is 11.9. The van der Waals surface area contributed by atoms with Gasteiger partial charge in [-0.15, -0.1) is 0 Å². The van der Waals surface area contributed by atoms with E-state index in [1.165, 1.54) is 0 Å². The average Bonchev–Trinajstić information content (AvgIpc) is 2.63. The molecule has 0 heterocycles. The smallest absolute Gasteiger partial charge is 0.315 e. The summed E-state index contributed by atoms with van der Waals surface area (Å²) in [5.74, 6) is -0.855. The van der Waals surface area contributed by atoms with Crippen LogP contribution in [0.5, 0.6) is 0 Å². The molecule has 2 amide bonds. The second kappa shape index (κ2) is 5.59. The lowest BCUT2D eigenvalue weighted by Crippen LogP contribution is -2.56. The summed E-state index contributed by atoms with van der Waals surface area (Å²) in [7, 11) is 0. The zero-order chi connectivity index (χ0) is 13.8. The Bertz CT molecular complexity index is 320. The number of hydrogen-bond donors (Lipinski definition) is 3. The van der Waals surface area contributed by atoms with E-state index in [1.54, 1.807) is 0 Å². The van der Waals surface area contributed by atoms with E-state index in [0.717, 1.165) is 32.1 Å². The summed E-state index contributed by atoms with van der Waals surface area (Å²) in [6.07, 6.45) is 4.29. The maximum Gasteiger partial charge on any atom is 0.315 e. The summed E-state index contributed by atoms with van der Waals surface area (Å²) in [4.78, 5) is 22.9. The third kappa shape index (κ3) is 4.20. The first kappa shape index (κ1) is 14.8. The Morgan fingerprint density at radius 2 is 1.83 bits per heavy atom. The fourth-order valence-electron chi connectivity index (χ4n) is 2.36. The quantitative estimate of drug-likeness (QED) is 0.706. The van der Waals surface area contributed by atoms with Gasteiger partial charge in [0.05, 0.1) is 12.0 Å². The molecular formula is C13H24N2O3. The van der Waals surface area contributed by atoms with E-state index in [2.05, 4.69) is 10.6 Å². The van der Waals surface area contributed by atoms with Crippen molar-refractivity contribution in [2.75, 3.05) is 0 Å². The minimum atomic E-state index is -0.855. The lowest BCUT2D eigenvalue weighted by atomic mass is 9.93. The van der Waals surface area contributed by atoms with Gasteiger partial charge in [0.15, 0.2) is 0 Å². The average molecular weight is 256 g/mol. The summed E-state index contributed by atoms with van der Waals surface area (Å²) in [5.41, 5.74) is -0.827. The third-order valence-corrected chi connectivity index (χ3v) is 3.76. The van der Waals surface area contributed by atoms with Crippen LogP contribution in [0.1, 0.15) is 59.3 Å². The number of carbonyl (C=O) groups excluding carboxylic acids is 1. The van der Waals surface area contributed by atoms with Crippen LogP contribution in [0.4, 0.5) is 4.79 Å². The predicted molar refractivity (Wildman–Crippen MR) is 69.5 cm³/mol. The molecule has 0 saturated heterocycles.